The van der Waals surface area contributed by atoms with Crippen LogP contribution in [0, 0.1) is 29.1 Å². The van der Waals surface area contributed by atoms with Crippen LogP contribution in [0.25, 0.3) is 0 Å². The Balaban J connectivity index is 2.20. The van der Waals surface area contributed by atoms with Crippen LogP contribution in [0.1, 0.15) is 87.0 Å². The van der Waals surface area contributed by atoms with Gasteiger partial charge in [0, 0.05) is 12.5 Å². The molecule has 0 spiro atoms. The number of rotatable bonds is 4. The van der Waals surface area contributed by atoms with Gasteiger partial charge in [-0.3, -0.25) is 0 Å². The summed E-state index contributed by atoms with van der Waals surface area (Å²) in [6, 6.07) is 0. The summed E-state index contributed by atoms with van der Waals surface area (Å²) in [4.78, 5) is 0. The zero-order valence-electron chi connectivity index (χ0n) is 19.9. The maximum absolute atomic E-state index is 9.89. The third kappa shape index (κ3) is 5.32. The third-order valence-corrected chi connectivity index (χ3v) is 12.0. The lowest BCUT2D eigenvalue weighted by Crippen LogP contribution is -2.51. The van der Waals surface area contributed by atoms with Gasteiger partial charge in [-0.15, -0.1) is 0 Å². The van der Waals surface area contributed by atoms with Crippen LogP contribution in [-0.2, 0) is 4.43 Å². The van der Waals surface area contributed by atoms with Gasteiger partial charge in [-0.2, -0.15) is 0 Å². The van der Waals surface area contributed by atoms with E-state index in [4.69, 9.17) is 4.43 Å². The molecule has 0 radical (unpaired) electrons. The number of aliphatic hydroxyl groups is 1. The highest BCUT2D eigenvalue weighted by Gasteiger charge is 2.49. The Kier molecular flexibility index (Phi) is 7.02. The topological polar surface area (TPSA) is 29.5 Å². The Morgan fingerprint density at radius 1 is 1.25 bits per heavy atom. The van der Waals surface area contributed by atoms with Crippen LogP contribution >= 0.6 is 0 Å². The van der Waals surface area contributed by atoms with Crippen LogP contribution in [0.15, 0.2) is 11.6 Å². The van der Waals surface area contributed by atoms with E-state index in [0.29, 0.717) is 17.9 Å². The van der Waals surface area contributed by atoms with Gasteiger partial charge >= 0.3 is 0 Å². The van der Waals surface area contributed by atoms with Gasteiger partial charge in [-0.25, -0.2) is 0 Å². The molecule has 2 aliphatic carbocycles. The summed E-state index contributed by atoms with van der Waals surface area (Å²) < 4.78 is 6.98. The normalized spacial score (nSPS) is 30.0. The van der Waals surface area contributed by atoms with E-state index >= 15 is 0 Å². The molecular formula is C25H44O2Si. The molecule has 2 aliphatic rings. The molecule has 1 fully saturated rings. The maximum Gasteiger partial charge on any atom is 0.192 e. The molecule has 4 atom stereocenters. The second-order valence-corrected chi connectivity index (χ2v) is 16.3. The molecule has 0 aliphatic heterocycles. The smallest absolute Gasteiger partial charge is 0.192 e. The van der Waals surface area contributed by atoms with Crippen LogP contribution in [0.4, 0.5) is 0 Å². The van der Waals surface area contributed by atoms with Gasteiger partial charge in [0.1, 0.15) is 5.60 Å². The standard InChI is InChI=1S/C25H44O2Si/c1-19(13-11-17-24(5,6)26)20-14-10-15-21-22(16-12-18-25(20,21)7)27-28(8,9)23(2,3)4/h14,19,21-22,26H,10,12-13,15-16,18H2,1-9H3/t19-,21+,22+,25-/m1/s1. The molecule has 0 unspecified atom stereocenters. The van der Waals surface area contributed by atoms with E-state index in [9.17, 15) is 5.11 Å². The summed E-state index contributed by atoms with van der Waals surface area (Å²) in [6.45, 7) is 20.1. The highest BCUT2D eigenvalue weighted by Crippen LogP contribution is 2.55. The predicted octanol–water partition coefficient (Wildman–Crippen LogP) is 6.70. The maximum atomic E-state index is 9.89. The zero-order chi connectivity index (χ0) is 21.4. The molecular weight excluding hydrogens is 360 g/mol. The van der Waals surface area contributed by atoms with Gasteiger partial charge in [0.25, 0.3) is 0 Å². The van der Waals surface area contributed by atoms with Gasteiger partial charge in [-0.1, -0.05) is 64.5 Å². The van der Waals surface area contributed by atoms with E-state index in [1.165, 1.54) is 25.7 Å². The van der Waals surface area contributed by atoms with Gasteiger partial charge in [0.05, 0.1) is 0 Å². The largest absolute Gasteiger partial charge is 0.414 e. The highest BCUT2D eigenvalue weighted by atomic mass is 28.4. The van der Waals surface area contributed by atoms with Crippen molar-refractivity contribution in [2.24, 2.45) is 17.3 Å². The van der Waals surface area contributed by atoms with E-state index in [1.807, 2.05) is 0 Å². The van der Waals surface area contributed by atoms with E-state index < -0.39 is 13.9 Å². The Bertz CT molecular complexity index is 638. The Morgan fingerprint density at radius 2 is 1.89 bits per heavy atom. The molecule has 1 N–H and O–H groups in total. The van der Waals surface area contributed by atoms with Crippen molar-refractivity contribution in [3.63, 3.8) is 0 Å². The van der Waals surface area contributed by atoms with Gasteiger partial charge < -0.3 is 9.53 Å². The van der Waals surface area contributed by atoms with Gasteiger partial charge in [0.15, 0.2) is 8.32 Å². The quantitative estimate of drug-likeness (QED) is 0.321. The molecule has 3 heteroatoms. The van der Waals surface area contributed by atoms with E-state index in [0.717, 1.165) is 12.8 Å². The summed E-state index contributed by atoms with van der Waals surface area (Å²) in [5.74, 6) is 7.30. The van der Waals surface area contributed by atoms with E-state index in [2.05, 4.69) is 65.6 Å². The molecule has 0 aromatic rings. The number of allylic oxidation sites excluding steroid dienone is 2. The minimum atomic E-state index is -1.76. The molecule has 0 bridgehead atoms. The minimum Gasteiger partial charge on any atom is -0.414 e. The van der Waals surface area contributed by atoms with E-state index in [1.54, 1.807) is 19.4 Å². The van der Waals surface area contributed by atoms with Crippen molar-refractivity contribution in [1.29, 1.82) is 0 Å². The molecule has 28 heavy (non-hydrogen) atoms. The zero-order valence-corrected chi connectivity index (χ0v) is 20.9. The molecule has 0 aromatic heterocycles. The first-order valence-electron chi connectivity index (χ1n) is 11.3. The fourth-order valence-electron chi connectivity index (χ4n) is 4.97. The summed E-state index contributed by atoms with van der Waals surface area (Å²) in [6.07, 6.45) is 9.88. The first-order valence-corrected chi connectivity index (χ1v) is 14.2. The first-order chi connectivity index (χ1) is 12.7. The average Bonchev–Trinajstić information content (AvgIpc) is 2.51. The summed E-state index contributed by atoms with van der Waals surface area (Å²) in [5.41, 5.74) is 0.927. The summed E-state index contributed by atoms with van der Waals surface area (Å²) in [7, 11) is -1.76. The summed E-state index contributed by atoms with van der Waals surface area (Å²) in [5, 5.41) is 10.1. The lowest BCUT2D eigenvalue weighted by Gasteiger charge is -2.53. The number of hydrogen-bond acceptors (Lipinski definition) is 2. The van der Waals surface area contributed by atoms with Crippen molar-refractivity contribution in [3.8, 4) is 11.8 Å². The molecule has 2 nitrogen and oxygen atoms in total. The summed E-state index contributed by atoms with van der Waals surface area (Å²) >= 11 is 0. The molecule has 0 amide bonds. The fraction of sp³-hybridized carbons (Fsp3) is 0.840. The van der Waals surface area contributed by atoms with Crippen molar-refractivity contribution in [2.45, 2.75) is 117 Å². The van der Waals surface area contributed by atoms with Crippen LogP contribution < -0.4 is 0 Å². The molecule has 0 saturated heterocycles. The number of fused-ring (bicyclic) bond motifs is 1. The van der Waals surface area contributed by atoms with E-state index in [-0.39, 0.29) is 10.5 Å². The Morgan fingerprint density at radius 3 is 2.46 bits per heavy atom. The second-order valence-electron chi connectivity index (χ2n) is 11.5. The molecule has 1 saturated carbocycles. The first kappa shape index (κ1) is 23.7. The van der Waals surface area contributed by atoms with Crippen molar-refractivity contribution in [1.82, 2.24) is 0 Å². The van der Waals surface area contributed by atoms with Gasteiger partial charge in [0.2, 0.25) is 0 Å². The molecule has 2 rings (SSSR count). The SMILES string of the molecule is C[C@H](CC#CC(C)(C)O)C1=CCC[C@H]2[C@@H](O[Si](C)(C)C(C)(C)C)CCC[C@]12C. The Labute approximate surface area is 175 Å². The highest BCUT2D eigenvalue weighted by molar-refractivity contribution is 6.74. The minimum absolute atomic E-state index is 0.235. The van der Waals surface area contributed by atoms with Crippen molar-refractivity contribution < 1.29 is 9.53 Å². The fourth-order valence-corrected chi connectivity index (χ4v) is 6.37. The van der Waals surface area contributed by atoms with Gasteiger partial charge in [-0.05, 0) is 74.9 Å². The van der Waals surface area contributed by atoms with Crippen LogP contribution in [-0.4, -0.2) is 25.1 Å². The van der Waals surface area contributed by atoms with Crippen molar-refractivity contribution >= 4 is 8.32 Å². The monoisotopic (exact) mass is 404 g/mol. The third-order valence-electron chi connectivity index (χ3n) is 7.54. The van der Waals surface area contributed by atoms with Crippen molar-refractivity contribution in [2.75, 3.05) is 0 Å². The number of hydrogen-bond donors (Lipinski definition) is 1. The molecule has 160 valence electrons. The van der Waals surface area contributed by atoms with Crippen LogP contribution in [0.2, 0.25) is 18.1 Å². The predicted molar refractivity (Wildman–Crippen MR) is 123 cm³/mol. The lowest BCUT2D eigenvalue weighted by molar-refractivity contribution is -0.00495. The second kappa shape index (κ2) is 8.29. The van der Waals surface area contributed by atoms with Crippen LogP contribution in [0.5, 0.6) is 0 Å². The Hall–Kier alpha value is -0.563. The molecule has 0 aromatic carbocycles. The van der Waals surface area contributed by atoms with Crippen LogP contribution in [0.3, 0.4) is 0 Å². The average molecular weight is 405 g/mol. The molecule has 0 heterocycles. The van der Waals surface area contributed by atoms with Crippen molar-refractivity contribution in [3.05, 3.63) is 11.6 Å². The lowest BCUT2D eigenvalue weighted by atomic mass is 9.56.